The molecule has 1 rings (SSSR count). The van der Waals surface area contributed by atoms with Gasteiger partial charge in [-0.3, -0.25) is 0 Å². The maximum Gasteiger partial charge on any atom is 1.00 e. The normalized spacial score (nSPS) is 20.1. The molecule has 0 aromatic heterocycles. The first-order valence-corrected chi connectivity index (χ1v) is 2.62. The van der Waals surface area contributed by atoms with Gasteiger partial charge in [0.15, 0.2) is 0 Å². The Hall–Kier alpha value is 0.430. The summed E-state index contributed by atoms with van der Waals surface area (Å²) in [7, 11) is 1.64. The first kappa shape index (κ1) is 9.43. The van der Waals surface area contributed by atoms with Gasteiger partial charge in [-0.1, -0.05) is 0 Å². The van der Waals surface area contributed by atoms with Crippen molar-refractivity contribution < 1.29 is 39.5 Å². The monoisotopic (exact) mass is 137 g/mol. The predicted molar refractivity (Wildman–Crippen MR) is 26.0 cm³/mol. The van der Waals surface area contributed by atoms with Crippen LogP contribution in [0.15, 0.2) is 0 Å². The van der Waals surface area contributed by atoms with Crippen LogP contribution < -0.4 is 40.0 Å². The molecule has 0 atom stereocenters. The van der Waals surface area contributed by atoms with Gasteiger partial charge in [-0.15, -0.1) is 0 Å². The minimum absolute atomic E-state index is 0. The van der Waals surface area contributed by atoms with Crippen molar-refractivity contribution in [2.45, 2.75) is 18.4 Å². The van der Waals surface area contributed by atoms with Crippen molar-refractivity contribution in [3.63, 3.8) is 0 Å². The maximum absolute atomic E-state index is 10.1. The van der Waals surface area contributed by atoms with Crippen molar-refractivity contribution in [1.82, 2.24) is 5.32 Å². The number of carbonyl (C=O) groups is 1. The average molecular weight is 137 g/mol. The van der Waals surface area contributed by atoms with E-state index in [1.165, 1.54) is 0 Å². The molecule has 46 valence electrons. The Balaban J connectivity index is 0.000000640. The van der Waals surface area contributed by atoms with Crippen LogP contribution in [0.1, 0.15) is 12.8 Å². The smallest absolute Gasteiger partial charge is 0.548 e. The number of carboxylic acids is 1. The molecule has 0 bridgehead atoms. The average Bonchev–Trinajstić information content (AvgIpc) is 2.44. The van der Waals surface area contributed by atoms with Gasteiger partial charge in [0, 0.05) is 0 Å². The largest absolute Gasteiger partial charge is 1.00 e. The van der Waals surface area contributed by atoms with Crippen molar-refractivity contribution in [2.75, 3.05) is 7.05 Å². The topological polar surface area (TPSA) is 52.2 Å². The third-order valence-corrected chi connectivity index (χ3v) is 1.62. The minimum atomic E-state index is -0.972. The maximum atomic E-state index is 10.1. The van der Waals surface area contributed by atoms with Gasteiger partial charge < -0.3 is 15.2 Å². The van der Waals surface area contributed by atoms with Gasteiger partial charge >= 0.3 is 29.6 Å². The second-order valence-electron chi connectivity index (χ2n) is 2.12. The van der Waals surface area contributed by atoms with Crippen molar-refractivity contribution in [3.05, 3.63) is 0 Å². The van der Waals surface area contributed by atoms with Crippen LogP contribution in [-0.4, -0.2) is 18.6 Å². The molecule has 9 heavy (non-hydrogen) atoms. The Kier molecular flexibility index (Phi) is 3.16. The van der Waals surface area contributed by atoms with E-state index >= 15 is 0 Å². The van der Waals surface area contributed by atoms with E-state index in [-0.39, 0.29) is 29.6 Å². The summed E-state index contributed by atoms with van der Waals surface area (Å²) in [6.45, 7) is 0. The van der Waals surface area contributed by atoms with E-state index in [1.807, 2.05) is 0 Å². The molecule has 3 nitrogen and oxygen atoms in total. The second-order valence-corrected chi connectivity index (χ2v) is 2.12. The van der Waals surface area contributed by atoms with Crippen LogP contribution in [0.3, 0.4) is 0 Å². The summed E-state index contributed by atoms with van der Waals surface area (Å²) in [6.07, 6.45) is 1.43. The van der Waals surface area contributed by atoms with E-state index in [4.69, 9.17) is 0 Å². The van der Waals surface area contributed by atoms with Gasteiger partial charge in [0.25, 0.3) is 0 Å². The van der Waals surface area contributed by atoms with E-state index < -0.39 is 11.5 Å². The van der Waals surface area contributed by atoms with E-state index in [1.54, 1.807) is 7.05 Å². The molecule has 0 radical (unpaired) electrons. The minimum Gasteiger partial charge on any atom is -0.548 e. The molecule has 0 saturated heterocycles. The summed E-state index contributed by atoms with van der Waals surface area (Å²) in [6, 6.07) is 0. The van der Waals surface area contributed by atoms with Gasteiger partial charge in [0.1, 0.15) is 0 Å². The predicted octanol–water partition coefficient (Wildman–Crippen LogP) is -4.51. The fourth-order valence-corrected chi connectivity index (χ4v) is 0.681. The first-order chi connectivity index (χ1) is 3.71. The van der Waals surface area contributed by atoms with Crippen LogP contribution >= 0.6 is 0 Å². The standard InChI is InChI=1S/C5H9NO2.Na/c1-6-5(2-3-5)4(7)8;/h6H,2-3H2,1H3,(H,7,8);/q;+1/p-1. The number of likely N-dealkylation sites (N-methyl/N-ethyl adjacent to an activating group) is 1. The molecule has 0 aromatic rings. The molecule has 0 unspecified atom stereocenters. The number of hydrogen-bond acceptors (Lipinski definition) is 3. The third kappa shape index (κ3) is 1.67. The Morgan fingerprint density at radius 2 is 2.11 bits per heavy atom. The van der Waals surface area contributed by atoms with Gasteiger partial charge in [-0.2, -0.15) is 0 Å². The summed E-state index contributed by atoms with van der Waals surface area (Å²) in [4.78, 5) is 10.1. The fraction of sp³-hybridized carbons (Fsp3) is 0.800. The van der Waals surface area contributed by atoms with E-state index in [0.717, 1.165) is 0 Å². The molecule has 0 aliphatic heterocycles. The van der Waals surface area contributed by atoms with Crippen LogP contribution in [0.2, 0.25) is 0 Å². The summed E-state index contributed by atoms with van der Waals surface area (Å²) in [5.41, 5.74) is -0.653. The summed E-state index contributed by atoms with van der Waals surface area (Å²) in [5, 5.41) is 12.8. The zero-order valence-electron chi connectivity index (χ0n) is 5.73. The molecular formula is C5H8NNaO2. The first-order valence-electron chi connectivity index (χ1n) is 2.62. The van der Waals surface area contributed by atoms with Crippen molar-refractivity contribution >= 4 is 5.97 Å². The molecule has 0 spiro atoms. The molecule has 1 fully saturated rings. The third-order valence-electron chi connectivity index (χ3n) is 1.62. The van der Waals surface area contributed by atoms with Crippen LogP contribution in [0.5, 0.6) is 0 Å². The van der Waals surface area contributed by atoms with Gasteiger partial charge in [0.05, 0.1) is 11.5 Å². The van der Waals surface area contributed by atoms with E-state index in [2.05, 4.69) is 5.32 Å². The van der Waals surface area contributed by atoms with Crippen molar-refractivity contribution in [3.8, 4) is 0 Å². The molecular weight excluding hydrogens is 129 g/mol. The number of carbonyl (C=O) groups excluding carboxylic acids is 1. The molecule has 1 aliphatic rings. The van der Waals surface area contributed by atoms with Crippen molar-refractivity contribution in [1.29, 1.82) is 0 Å². The van der Waals surface area contributed by atoms with E-state index in [9.17, 15) is 9.90 Å². The summed E-state index contributed by atoms with van der Waals surface area (Å²) >= 11 is 0. The molecule has 0 amide bonds. The number of rotatable bonds is 2. The SMILES string of the molecule is CNC1(C(=O)[O-])CC1.[Na+]. The molecule has 1 N–H and O–H groups in total. The quantitative estimate of drug-likeness (QED) is 0.390. The molecule has 1 aliphatic carbocycles. The Morgan fingerprint density at radius 1 is 1.67 bits per heavy atom. The molecule has 4 heteroatoms. The number of hydrogen-bond donors (Lipinski definition) is 1. The van der Waals surface area contributed by atoms with Crippen LogP contribution in [0.25, 0.3) is 0 Å². The zero-order valence-corrected chi connectivity index (χ0v) is 7.73. The molecule has 0 aromatic carbocycles. The van der Waals surface area contributed by atoms with Crippen LogP contribution in [-0.2, 0) is 4.79 Å². The molecule has 1 saturated carbocycles. The second kappa shape index (κ2) is 3.01. The molecule has 0 heterocycles. The van der Waals surface area contributed by atoms with E-state index in [0.29, 0.717) is 12.8 Å². The fourth-order valence-electron chi connectivity index (χ4n) is 0.681. The van der Waals surface area contributed by atoms with Gasteiger partial charge in [0.2, 0.25) is 0 Å². The van der Waals surface area contributed by atoms with Gasteiger partial charge in [-0.05, 0) is 19.9 Å². The number of nitrogens with one attached hydrogen (secondary N) is 1. The van der Waals surface area contributed by atoms with Crippen LogP contribution in [0.4, 0.5) is 0 Å². The Labute approximate surface area is 76.1 Å². The summed E-state index contributed by atoms with van der Waals surface area (Å²) < 4.78 is 0. The number of carboxylic acid groups (broad SMARTS) is 1. The summed E-state index contributed by atoms with van der Waals surface area (Å²) in [5.74, 6) is -0.972. The van der Waals surface area contributed by atoms with Crippen molar-refractivity contribution in [2.24, 2.45) is 0 Å². The Morgan fingerprint density at radius 3 is 2.11 bits per heavy atom. The number of aliphatic carboxylic acids is 1. The van der Waals surface area contributed by atoms with Crippen LogP contribution in [0, 0.1) is 0 Å². The Bertz CT molecular complexity index is 122. The van der Waals surface area contributed by atoms with Gasteiger partial charge in [-0.25, -0.2) is 0 Å². The zero-order chi connectivity index (χ0) is 6.20.